The molecule has 0 aliphatic carbocycles. The summed E-state index contributed by atoms with van der Waals surface area (Å²) in [6.45, 7) is 2.28. The summed E-state index contributed by atoms with van der Waals surface area (Å²) < 4.78 is 0. The molecule has 0 saturated heterocycles. The number of carbonyl (C=O) groups excluding carboxylic acids is 2. The monoisotopic (exact) mass is 341 g/mol. The summed E-state index contributed by atoms with van der Waals surface area (Å²) in [5, 5.41) is 5.46. The first-order chi connectivity index (χ1) is 11.9. The van der Waals surface area contributed by atoms with Gasteiger partial charge < -0.3 is 10.2 Å². The number of benzene rings is 1. The van der Waals surface area contributed by atoms with E-state index in [2.05, 4.69) is 25.5 Å². The van der Waals surface area contributed by atoms with Crippen LogP contribution in [0.1, 0.15) is 19.8 Å². The Kier molecular flexibility index (Phi) is 6.59. The van der Waals surface area contributed by atoms with Crippen molar-refractivity contribution in [3.05, 3.63) is 36.5 Å². The number of anilines is 2. The van der Waals surface area contributed by atoms with Crippen LogP contribution in [0.4, 0.5) is 11.6 Å². The van der Waals surface area contributed by atoms with E-state index in [1.54, 1.807) is 12.3 Å². The van der Waals surface area contributed by atoms with E-state index in [-0.39, 0.29) is 17.8 Å². The molecule has 1 aromatic carbocycles. The van der Waals surface area contributed by atoms with Crippen molar-refractivity contribution in [2.24, 2.45) is 0 Å². The standard InChI is InChI=1S/C18H23N5O2/c1-13(24)20-18-19-10-9-16(22-18)14-6-4-7-15(12-14)21-17(25)8-5-11-23(2)3/h4,6-7,9-10,12H,5,8,11H2,1-3H3,(H,21,25)(H,19,20,22,24). The van der Waals surface area contributed by atoms with Gasteiger partial charge in [0.2, 0.25) is 17.8 Å². The van der Waals surface area contributed by atoms with Gasteiger partial charge in [-0.2, -0.15) is 0 Å². The molecule has 2 N–H and O–H groups in total. The second-order valence-electron chi connectivity index (χ2n) is 5.98. The molecular formula is C18H23N5O2. The van der Waals surface area contributed by atoms with Crippen LogP contribution in [-0.4, -0.2) is 47.3 Å². The molecule has 25 heavy (non-hydrogen) atoms. The van der Waals surface area contributed by atoms with E-state index < -0.39 is 0 Å². The first-order valence-corrected chi connectivity index (χ1v) is 8.09. The molecule has 2 aromatic rings. The molecule has 1 aromatic heterocycles. The number of carbonyl (C=O) groups is 2. The van der Waals surface area contributed by atoms with E-state index in [0.717, 1.165) is 18.5 Å². The van der Waals surface area contributed by atoms with E-state index in [9.17, 15) is 9.59 Å². The fourth-order valence-corrected chi connectivity index (χ4v) is 2.27. The summed E-state index contributed by atoms with van der Waals surface area (Å²) in [5.41, 5.74) is 2.22. The second-order valence-corrected chi connectivity index (χ2v) is 5.98. The van der Waals surface area contributed by atoms with Gasteiger partial charge in [-0.15, -0.1) is 0 Å². The van der Waals surface area contributed by atoms with E-state index in [4.69, 9.17) is 0 Å². The Morgan fingerprint density at radius 1 is 1.16 bits per heavy atom. The van der Waals surface area contributed by atoms with Crippen molar-refractivity contribution in [2.45, 2.75) is 19.8 Å². The summed E-state index contributed by atoms with van der Waals surface area (Å²) in [6, 6.07) is 9.18. The maximum atomic E-state index is 12.0. The lowest BCUT2D eigenvalue weighted by Gasteiger charge is -2.10. The molecule has 0 aliphatic rings. The number of amides is 2. The van der Waals surface area contributed by atoms with Crippen LogP contribution in [-0.2, 0) is 9.59 Å². The zero-order chi connectivity index (χ0) is 18.2. The van der Waals surface area contributed by atoms with Crippen molar-refractivity contribution in [1.82, 2.24) is 14.9 Å². The number of hydrogen-bond donors (Lipinski definition) is 2. The van der Waals surface area contributed by atoms with E-state index in [0.29, 0.717) is 17.8 Å². The summed E-state index contributed by atoms with van der Waals surface area (Å²) >= 11 is 0. The lowest BCUT2D eigenvalue weighted by atomic mass is 10.1. The van der Waals surface area contributed by atoms with Crippen LogP contribution in [0, 0.1) is 0 Å². The van der Waals surface area contributed by atoms with Crippen molar-refractivity contribution in [3.8, 4) is 11.3 Å². The third-order valence-corrected chi connectivity index (χ3v) is 3.39. The zero-order valence-corrected chi connectivity index (χ0v) is 14.7. The number of nitrogens with one attached hydrogen (secondary N) is 2. The molecule has 2 rings (SSSR count). The van der Waals surface area contributed by atoms with Gasteiger partial charge in [-0.05, 0) is 45.3 Å². The van der Waals surface area contributed by atoms with Crippen LogP contribution in [0.25, 0.3) is 11.3 Å². The number of nitrogens with zero attached hydrogens (tertiary/aromatic N) is 3. The van der Waals surface area contributed by atoms with Gasteiger partial charge in [-0.3, -0.25) is 14.9 Å². The molecule has 7 heteroatoms. The normalized spacial score (nSPS) is 10.6. The molecule has 0 unspecified atom stereocenters. The Morgan fingerprint density at radius 3 is 2.68 bits per heavy atom. The number of rotatable bonds is 7. The highest BCUT2D eigenvalue weighted by atomic mass is 16.2. The summed E-state index contributed by atoms with van der Waals surface area (Å²) in [7, 11) is 3.97. The molecule has 0 spiro atoms. The Morgan fingerprint density at radius 2 is 1.96 bits per heavy atom. The van der Waals surface area contributed by atoms with Crippen LogP contribution in [0.15, 0.2) is 36.5 Å². The molecule has 0 fully saturated rings. The minimum absolute atomic E-state index is 0.0133. The third-order valence-electron chi connectivity index (χ3n) is 3.39. The smallest absolute Gasteiger partial charge is 0.229 e. The van der Waals surface area contributed by atoms with Gasteiger partial charge in [0.1, 0.15) is 0 Å². The van der Waals surface area contributed by atoms with Gasteiger partial charge >= 0.3 is 0 Å². The highest BCUT2D eigenvalue weighted by Gasteiger charge is 2.07. The number of aromatic nitrogens is 2. The lowest BCUT2D eigenvalue weighted by Crippen LogP contribution is -2.17. The molecular weight excluding hydrogens is 318 g/mol. The van der Waals surface area contributed by atoms with Crippen molar-refractivity contribution >= 4 is 23.5 Å². The van der Waals surface area contributed by atoms with Gasteiger partial charge in [-0.25, -0.2) is 9.97 Å². The first-order valence-electron chi connectivity index (χ1n) is 8.09. The first kappa shape index (κ1) is 18.5. The van der Waals surface area contributed by atoms with Gasteiger partial charge in [0.15, 0.2) is 0 Å². The quantitative estimate of drug-likeness (QED) is 0.807. The Hall–Kier alpha value is -2.80. The Balaban J connectivity index is 2.06. The van der Waals surface area contributed by atoms with Gasteiger partial charge in [0.05, 0.1) is 5.69 Å². The van der Waals surface area contributed by atoms with E-state index in [1.165, 1.54) is 6.92 Å². The van der Waals surface area contributed by atoms with Gasteiger partial charge in [-0.1, -0.05) is 12.1 Å². The fourth-order valence-electron chi connectivity index (χ4n) is 2.27. The SMILES string of the molecule is CC(=O)Nc1nccc(-c2cccc(NC(=O)CCCN(C)C)c2)n1. The van der Waals surface area contributed by atoms with Crippen LogP contribution in [0.2, 0.25) is 0 Å². The maximum absolute atomic E-state index is 12.0. The van der Waals surface area contributed by atoms with Crippen LogP contribution in [0.5, 0.6) is 0 Å². The molecule has 0 atom stereocenters. The van der Waals surface area contributed by atoms with Crippen molar-refractivity contribution < 1.29 is 9.59 Å². The van der Waals surface area contributed by atoms with Crippen molar-refractivity contribution in [1.29, 1.82) is 0 Å². The van der Waals surface area contributed by atoms with Crippen molar-refractivity contribution in [2.75, 3.05) is 31.3 Å². The number of hydrogen-bond acceptors (Lipinski definition) is 5. The molecule has 2 amide bonds. The maximum Gasteiger partial charge on any atom is 0.229 e. The van der Waals surface area contributed by atoms with Gasteiger partial charge in [0.25, 0.3) is 0 Å². The fraction of sp³-hybridized carbons (Fsp3) is 0.333. The van der Waals surface area contributed by atoms with Crippen LogP contribution >= 0.6 is 0 Å². The summed E-state index contributed by atoms with van der Waals surface area (Å²) in [4.78, 5) is 33.5. The van der Waals surface area contributed by atoms with Crippen molar-refractivity contribution in [3.63, 3.8) is 0 Å². The van der Waals surface area contributed by atoms with E-state index in [1.807, 2.05) is 38.4 Å². The highest BCUT2D eigenvalue weighted by molar-refractivity contribution is 5.91. The Labute approximate surface area is 147 Å². The largest absolute Gasteiger partial charge is 0.326 e. The summed E-state index contributed by atoms with van der Waals surface area (Å²) in [6.07, 6.45) is 2.87. The van der Waals surface area contributed by atoms with E-state index >= 15 is 0 Å². The molecule has 7 nitrogen and oxygen atoms in total. The average molecular weight is 341 g/mol. The topological polar surface area (TPSA) is 87.2 Å². The Bertz CT molecular complexity index is 746. The zero-order valence-electron chi connectivity index (χ0n) is 14.7. The van der Waals surface area contributed by atoms with Crippen LogP contribution in [0.3, 0.4) is 0 Å². The van der Waals surface area contributed by atoms with Gasteiger partial charge in [0, 0.05) is 30.8 Å². The molecule has 0 aliphatic heterocycles. The van der Waals surface area contributed by atoms with Crippen LogP contribution < -0.4 is 10.6 Å². The minimum atomic E-state index is -0.226. The predicted molar refractivity (Wildman–Crippen MR) is 98.2 cm³/mol. The molecule has 0 saturated carbocycles. The molecule has 132 valence electrons. The highest BCUT2D eigenvalue weighted by Crippen LogP contribution is 2.21. The molecule has 0 bridgehead atoms. The summed E-state index contributed by atoms with van der Waals surface area (Å²) in [5.74, 6) is 0.0136. The third kappa shape index (κ3) is 6.31. The lowest BCUT2D eigenvalue weighted by molar-refractivity contribution is -0.116. The predicted octanol–water partition coefficient (Wildman–Crippen LogP) is 2.38. The molecule has 1 heterocycles. The molecule has 0 radical (unpaired) electrons. The average Bonchev–Trinajstić information content (AvgIpc) is 2.54. The minimum Gasteiger partial charge on any atom is -0.326 e. The second kappa shape index (κ2) is 8.89.